The van der Waals surface area contributed by atoms with E-state index >= 15 is 0 Å². The van der Waals surface area contributed by atoms with Crippen LogP contribution in [0, 0.1) is 10.1 Å². The SMILES string of the molecule is NC(=O)c1ccc(NC(=O)c2ccc(Cl)c([N+](=O)[O-])c2)cc1. The van der Waals surface area contributed by atoms with E-state index in [9.17, 15) is 19.7 Å². The van der Waals surface area contributed by atoms with Crippen LogP contribution < -0.4 is 11.1 Å². The second kappa shape index (κ2) is 6.23. The fourth-order valence-corrected chi connectivity index (χ4v) is 1.90. The predicted octanol–water partition coefficient (Wildman–Crippen LogP) is 2.60. The normalized spacial score (nSPS) is 10.0. The second-order valence-electron chi connectivity index (χ2n) is 4.32. The van der Waals surface area contributed by atoms with Gasteiger partial charge in [0.05, 0.1) is 4.92 Å². The summed E-state index contributed by atoms with van der Waals surface area (Å²) < 4.78 is 0. The quantitative estimate of drug-likeness (QED) is 0.665. The van der Waals surface area contributed by atoms with Gasteiger partial charge in [0.1, 0.15) is 5.02 Å². The Kier molecular flexibility index (Phi) is 4.38. The summed E-state index contributed by atoms with van der Waals surface area (Å²) in [6.07, 6.45) is 0. The second-order valence-corrected chi connectivity index (χ2v) is 4.73. The number of amides is 2. The molecule has 8 heteroatoms. The minimum Gasteiger partial charge on any atom is -0.366 e. The molecular formula is C14H10ClN3O4. The first-order valence-corrected chi connectivity index (χ1v) is 6.41. The van der Waals surface area contributed by atoms with Gasteiger partial charge in [-0.25, -0.2) is 0 Å². The van der Waals surface area contributed by atoms with Gasteiger partial charge in [-0.1, -0.05) is 11.6 Å². The molecule has 112 valence electrons. The Labute approximate surface area is 129 Å². The summed E-state index contributed by atoms with van der Waals surface area (Å²) in [5, 5.41) is 13.3. The number of nitro benzene ring substituents is 1. The molecule has 2 aromatic carbocycles. The molecule has 0 aliphatic rings. The summed E-state index contributed by atoms with van der Waals surface area (Å²) in [6.45, 7) is 0. The summed E-state index contributed by atoms with van der Waals surface area (Å²) in [5.74, 6) is -1.11. The van der Waals surface area contributed by atoms with Crippen molar-refractivity contribution in [2.45, 2.75) is 0 Å². The number of anilines is 1. The van der Waals surface area contributed by atoms with E-state index in [1.54, 1.807) is 0 Å². The summed E-state index contributed by atoms with van der Waals surface area (Å²) >= 11 is 5.69. The van der Waals surface area contributed by atoms with Crippen LogP contribution in [0.1, 0.15) is 20.7 Å². The van der Waals surface area contributed by atoms with Gasteiger partial charge < -0.3 is 11.1 Å². The summed E-state index contributed by atoms with van der Waals surface area (Å²) in [6, 6.07) is 9.68. The fourth-order valence-electron chi connectivity index (χ4n) is 1.71. The van der Waals surface area contributed by atoms with E-state index in [0.717, 1.165) is 6.07 Å². The Hall–Kier alpha value is -2.93. The number of carbonyl (C=O) groups excluding carboxylic acids is 2. The van der Waals surface area contributed by atoms with Crippen molar-refractivity contribution in [3.63, 3.8) is 0 Å². The van der Waals surface area contributed by atoms with Gasteiger partial charge in [0, 0.05) is 22.9 Å². The molecule has 0 atom stereocenters. The fraction of sp³-hybridized carbons (Fsp3) is 0. The lowest BCUT2D eigenvalue weighted by Gasteiger charge is -2.06. The number of benzene rings is 2. The standard InChI is InChI=1S/C14H10ClN3O4/c15-11-6-3-9(7-12(11)18(21)22)14(20)17-10-4-1-8(2-5-10)13(16)19/h1-7H,(H2,16,19)(H,17,20). The number of hydrogen-bond acceptors (Lipinski definition) is 4. The highest BCUT2D eigenvalue weighted by atomic mass is 35.5. The maximum atomic E-state index is 12.1. The van der Waals surface area contributed by atoms with Gasteiger partial charge in [-0.2, -0.15) is 0 Å². The van der Waals surface area contributed by atoms with Gasteiger partial charge in [0.2, 0.25) is 5.91 Å². The van der Waals surface area contributed by atoms with Gasteiger partial charge in [-0.3, -0.25) is 19.7 Å². The molecule has 0 aromatic heterocycles. The molecule has 2 aromatic rings. The largest absolute Gasteiger partial charge is 0.366 e. The smallest absolute Gasteiger partial charge is 0.288 e. The molecule has 0 saturated carbocycles. The van der Waals surface area contributed by atoms with E-state index in [4.69, 9.17) is 17.3 Å². The van der Waals surface area contributed by atoms with Crippen LogP contribution in [0.4, 0.5) is 11.4 Å². The third-order valence-electron chi connectivity index (χ3n) is 2.83. The highest BCUT2D eigenvalue weighted by Crippen LogP contribution is 2.25. The molecule has 0 aliphatic heterocycles. The molecule has 0 bridgehead atoms. The molecule has 0 fully saturated rings. The van der Waals surface area contributed by atoms with Gasteiger partial charge in [-0.05, 0) is 36.4 Å². The first kappa shape index (κ1) is 15.5. The van der Waals surface area contributed by atoms with Crippen molar-refractivity contribution in [3.05, 3.63) is 68.7 Å². The lowest BCUT2D eigenvalue weighted by molar-refractivity contribution is -0.384. The van der Waals surface area contributed by atoms with Gasteiger partial charge >= 0.3 is 0 Å². The average molecular weight is 320 g/mol. The van der Waals surface area contributed by atoms with Crippen LogP contribution in [-0.4, -0.2) is 16.7 Å². The van der Waals surface area contributed by atoms with Gasteiger partial charge in [0.15, 0.2) is 0 Å². The topological polar surface area (TPSA) is 115 Å². The van der Waals surface area contributed by atoms with Crippen molar-refractivity contribution in [2.75, 3.05) is 5.32 Å². The number of hydrogen-bond donors (Lipinski definition) is 2. The van der Waals surface area contributed by atoms with Crippen LogP contribution >= 0.6 is 11.6 Å². The molecule has 7 nitrogen and oxygen atoms in total. The molecule has 0 saturated heterocycles. The van der Waals surface area contributed by atoms with Crippen molar-refractivity contribution in [2.24, 2.45) is 5.73 Å². The maximum Gasteiger partial charge on any atom is 0.288 e. The van der Waals surface area contributed by atoms with E-state index in [-0.39, 0.29) is 16.3 Å². The monoisotopic (exact) mass is 319 g/mol. The van der Waals surface area contributed by atoms with E-state index in [1.807, 2.05) is 0 Å². The molecule has 0 spiro atoms. The van der Waals surface area contributed by atoms with Crippen LogP contribution in [0.5, 0.6) is 0 Å². The zero-order valence-corrected chi connectivity index (χ0v) is 11.8. The number of nitrogens with two attached hydrogens (primary N) is 1. The Morgan fingerprint density at radius 2 is 1.68 bits per heavy atom. The highest BCUT2D eigenvalue weighted by Gasteiger charge is 2.16. The van der Waals surface area contributed by atoms with Gasteiger partial charge in [0.25, 0.3) is 11.6 Å². The lowest BCUT2D eigenvalue weighted by atomic mass is 10.1. The third kappa shape index (κ3) is 3.39. The molecule has 22 heavy (non-hydrogen) atoms. The summed E-state index contributed by atoms with van der Waals surface area (Å²) in [7, 11) is 0. The number of rotatable bonds is 4. The van der Waals surface area contributed by atoms with E-state index in [0.29, 0.717) is 11.3 Å². The van der Waals surface area contributed by atoms with Crippen LogP contribution in [0.2, 0.25) is 5.02 Å². The molecule has 3 N–H and O–H groups in total. The van der Waals surface area contributed by atoms with E-state index in [2.05, 4.69) is 5.32 Å². The van der Waals surface area contributed by atoms with Crippen molar-refractivity contribution < 1.29 is 14.5 Å². The maximum absolute atomic E-state index is 12.1. The number of nitrogens with one attached hydrogen (secondary N) is 1. The zero-order chi connectivity index (χ0) is 16.3. The first-order valence-electron chi connectivity index (χ1n) is 6.03. The zero-order valence-electron chi connectivity index (χ0n) is 11.1. The number of nitrogens with zero attached hydrogens (tertiary/aromatic N) is 1. The van der Waals surface area contributed by atoms with E-state index in [1.165, 1.54) is 36.4 Å². The van der Waals surface area contributed by atoms with Crippen LogP contribution in [-0.2, 0) is 0 Å². The molecule has 2 rings (SSSR count). The minimum atomic E-state index is -0.666. The van der Waals surface area contributed by atoms with Gasteiger partial charge in [-0.15, -0.1) is 0 Å². The molecule has 0 heterocycles. The van der Waals surface area contributed by atoms with Crippen LogP contribution in [0.25, 0.3) is 0 Å². The third-order valence-corrected chi connectivity index (χ3v) is 3.15. The number of carbonyl (C=O) groups is 2. The molecular weight excluding hydrogens is 310 g/mol. The number of primary amides is 1. The molecule has 2 amide bonds. The predicted molar refractivity (Wildman–Crippen MR) is 81.0 cm³/mol. The van der Waals surface area contributed by atoms with Crippen molar-refractivity contribution in [1.82, 2.24) is 0 Å². The van der Waals surface area contributed by atoms with Crippen LogP contribution in [0.3, 0.4) is 0 Å². The number of halogens is 1. The lowest BCUT2D eigenvalue weighted by Crippen LogP contribution is -2.13. The number of nitro groups is 1. The molecule has 0 unspecified atom stereocenters. The first-order chi connectivity index (χ1) is 10.4. The molecule has 0 radical (unpaired) electrons. The molecule has 0 aliphatic carbocycles. The average Bonchev–Trinajstić information content (AvgIpc) is 2.47. The van der Waals surface area contributed by atoms with E-state index < -0.39 is 16.7 Å². The van der Waals surface area contributed by atoms with Crippen molar-refractivity contribution >= 4 is 34.8 Å². The van der Waals surface area contributed by atoms with Crippen LogP contribution in [0.15, 0.2) is 42.5 Å². The Balaban J connectivity index is 2.20. The minimum absolute atomic E-state index is 0.0487. The Bertz CT molecular complexity index is 759. The van der Waals surface area contributed by atoms with Crippen molar-refractivity contribution in [3.8, 4) is 0 Å². The highest BCUT2D eigenvalue weighted by molar-refractivity contribution is 6.32. The Morgan fingerprint density at radius 1 is 1.09 bits per heavy atom. The van der Waals surface area contributed by atoms with Crippen molar-refractivity contribution in [1.29, 1.82) is 0 Å². The summed E-state index contributed by atoms with van der Waals surface area (Å²) in [5.41, 5.74) is 5.59. The Morgan fingerprint density at radius 3 is 2.23 bits per heavy atom. The summed E-state index contributed by atoms with van der Waals surface area (Å²) in [4.78, 5) is 33.1.